The van der Waals surface area contributed by atoms with Crippen LogP contribution in [0.1, 0.15) is 31.1 Å². The second-order valence-electron chi connectivity index (χ2n) is 8.72. The number of nitrogens with zero attached hydrogens (tertiary/aromatic N) is 2. The van der Waals surface area contributed by atoms with Crippen molar-refractivity contribution >= 4 is 44.5 Å². The second-order valence-corrected chi connectivity index (χ2v) is 9.77. The number of pyridine rings is 1. The Hall–Kier alpha value is -3.10. The van der Waals surface area contributed by atoms with Crippen molar-refractivity contribution in [2.75, 3.05) is 25.5 Å². The molecular weight excluding hydrogens is 441 g/mol. The molecule has 0 saturated heterocycles. The number of halogens is 1. The minimum absolute atomic E-state index is 0.0571. The smallest absolute Gasteiger partial charge is 0.238 e. The largest absolute Gasteiger partial charge is 0.453 e. The van der Waals surface area contributed by atoms with Crippen LogP contribution in [0.5, 0.6) is 11.5 Å². The van der Waals surface area contributed by atoms with Gasteiger partial charge in [-0.05, 0) is 57.0 Å². The number of amides is 1. The maximum Gasteiger partial charge on any atom is 0.238 e. The van der Waals surface area contributed by atoms with Crippen LogP contribution in [-0.2, 0) is 9.59 Å². The fourth-order valence-corrected chi connectivity index (χ4v) is 5.18. The van der Waals surface area contributed by atoms with E-state index in [2.05, 4.69) is 34.4 Å². The summed E-state index contributed by atoms with van der Waals surface area (Å²) in [6, 6.07) is 8.06. The van der Waals surface area contributed by atoms with Crippen molar-refractivity contribution in [1.29, 1.82) is 0 Å². The molecule has 1 aliphatic heterocycles. The standard InChI is InChI=1S/C25H24FN3O3S/c1-15(30)25(8-9-25)24(31)28-17-3-4-20(18(26)13-17)32-21-5-10-27-19-14-22(33-23(19)21)16-6-11-29(2)12-7-16/h3-6,10,13-14H,7-9,11-12H2,1-2H3,(H,28,31). The number of carbonyl (C=O) groups is 2. The lowest BCUT2D eigenvalue weighted by molar-refractivity contribution is -0.131. The number of thiophene rings is 1. The quantitative estimate of drug-likeness (QED) is 0.503. The summed E-state index contributed by atoms with van der Waals surface area (Å²) in [5.41, 5.74) is 1.46. The highest BCUT2D eigenvalue weighted by atomic mass is 32.1. The van der Waals surface area contributed by atoms with Gasteiger partial charge < -0.3 is 15.0 Å². The average molecular weight is 466 g/mol. The number of nitrogens with one attached hydrogen (secondary N) is 1. The Morgan fingerprint density at radius 1 is 1.21 bits per heavy atom. The van der Waals surface area contributed by atoms with Crippen LogP contribution >= 0.6 is 11.3 Å². The van der Waals surface area contributed by atoms with Gasteiger partial charge in [0, 0.05) is 42.0 Å². The van der Waals surface area contributed by atoms with E-state index in [1.807, 2.05) is 0 Å². The van der Waals surface area contributed by atoms with Crippen LogP contribution in [0.15, 0.2) is 42.6 Å². The molecule has 170 valence electrons. The highest BCUT2D eigenvalue weighted by Gasteiger charge is 2.54. The van der Waals surface area contributed by atoms with Gasteiger partial charge in [-0.3, -0.25) is 14.6 Å². The third kappa shape index (κ3) is 4.16. The number of hydrogen-bond donors (Lipinski definition) is 1. The van der Waals surface area contributed by atoms with E-state index >= 15 is 0 Å². The molecule has 33 heavy (non-hydrogen) atoms. The number of Topliss-reactive ketones (excluding diaryl/α,β-unsaturated/α-hetero) is 1. The molecule has 1 aromatic carbocycles. The number of anilines is 1. The topological polar surface area (TPSA) is 71.5 Å². The predicted molar refractivity (Wildman–Crippen MR) is 127 cm³/mol. The second kappa shape index (κ2) is 8.35. The van der Waals surface area contributed by atoms with Crippen LogP contribution in [-0.4, -0.2) is 41.7 Å². The third-order valence-electron chi connectivity index (χ3n) is 6.37. The van der Waals surface area contributed by atoms with Crippen LogP contribution in [0.2, 0.25) is 0 Å². The maximum atomic E-state index is 14.8. The molecule has 1 aliphatic carbocycles. The van der Waals surface area contributed by atoms with E-state index in [1.165, 1.54) is 24.6 Å². The van der Waals surface area contributed by atoms with Gasteiger partial charge in [-0.2, -0.15) is 0 Å². The van der Waals surface area contributed by atoms with Crippen molar-refractivity contribution in [3.63, 3.8) is 0 Å². The highest BCUT2D eigenvalue weighted by Crippen LogP contribution is 2.47. The van der Waals surface area contributed by atoms with Crippen LogP contribution < -0.4 is 10.1 Å². The number of hydrogen-bond acceptors (Lipinski definition) is 6. The van der Waals surface area contributed by atoms with E-state index in [9.17, 15) is 14.0 Å². The molecule has 2 aliphatic rings. The Morgan fingerprint density at radius 3 is 2.70 bits per heavy atom. The molecule has 0 bridgehead atoms. The molecule has 3 heterocycles. The molecule has 0 unspecified atom stereocenters. The van der Waals surface area contributed by atoms with Crippen LogP contribution in [0.25, 0.3) is 15.8 Å². The summed E-state index contributed by atoms with van der Waals surface area (Å²) in [6.45, 7) is 3.35. The number of fused-ring (bicyclic) bond motifs is 1. The van der Waals surface area contributed by atoms with Gasteiger partial charge in [-0.25, -0.2) is 4.39 Å². The van der Waals surface area contributed by atoms with E-state index in [-0.39, 0.29) is 17.4 Å². The van der Waals surface area contributed by atoms with Crippen molar-refractivity contribution in [3.8, 4) is 11.5 Å². The average Bonchev–Trinajstić information content (AvgIpc) is 3.50. The summed E-state index contributed by atoms with van der Waals surface area (Å²) in [5.74, 6) is -0.544. The molecule has 0 atom stereocenters. The zero-order chi connectivity index (χ0) is 23.2. The van der Waals surface area contributed by atoms with E-state index in [0.29, 0.717) is 24.3 Å². The van der Waals surface area contributed by atoms with Crippen molar-refractivity contribution < 1.29 is 18.7 Å². The Balaban J connectivity index is 1.36. The van der Waals surface area contributed by atoms with Gasteiger partial charge in [0.25, 0.3) is 0 Å². The Kier molecular flexibility index (Phi) is 5.50. The molecule has 5 rings (SSSR count). The minimum atomic E-state index is -0.950. The summed E-state index contributed by atoms with van der Waals surface area (Å²) in [5, 5.41) is 2.66. The molecule has 1 fully saturated rings. The van der Waals surface area contributed by atoms with Crippen LogP contribution in [0, 0.1) is 11.2 Å². The molecule has 1 amide bonds. The molecular formula is C25H24FN3O3S. The fourth-order valence-electron chi connectivity index (χ4n) is 4.04. The summed E-state index contributed by atoms with van der Waals surface area (Å²) in [4.78, 5) is 32.0. The molecule has 3 aromatic rings. The summed E-state index contributed by atoms with van der Waals surface area (Å²) in [6.07, 6.45) is 5.94. The number of carbonyl (C=O) groups excluding carboxylic acids is 2. The first-order valence-electron chi connectivity index (χ1n) is 10.9. The predicted octanol–water partition coefficient (Wildman–Crippen LogP) is 5.25. The SMILES string of the molecule is CC(=O)C1(C(=O)Nc2ccc(Oc3ccnc4cc(C5=CCN(C)CC5)sc34)c(F)c2)CC1. The number of ether oxygens (including phenoxy) is 1. The number of ketones is 1. The number of rotatable bonds is 6. The lowest BCUT2D eigenvalue weighted by Gasteiger charge is -2.21. The summed E-state index contributed by atoms with van der Waals surface area (Å²) >= 11 is 1.59. The van der Waals surface area contributed by atoms with Crippen molar-refractivity contribution in [3.05, 3.63) is 53.3 Å². The first kappa shape index (κ1) is 21.7. The number of aromatic nitrogens is 1. The summed E-state index contributed by atoms with van der Waals surface area (Å²) < 4.78 is 21.6. The molecule has 1 saturated carbocycles. The molecule has 2 aromatic heterocycles. The molecule has 1 N–H and O–H groups in total. The van der Waals surface area contributed by atoms with E-state index < -0.39 is 11.2 Å². The van der Waals surface area contributed by atoms with Gasteiger partial charge in [-0.15, -0.1) is 11.3 Å². The van der Waals surface area contributed by atoms with Crippen molar-refractivity contribution in [2.45, 2.75) is 26.2 Å². The minimum Gasteiger partial charge on any atom is -0.453 e. The number of likely N-dealkylation sites (N-methyl/N-ethyl adjacent to an activating group) is 1. The van der Waals surface area contributed by atoms with Gasteiger partial charge in [-0.1, -0.05) is 6.08 Å². The monoisotopic (exact) mass is 465 g/mol. The lowest BCUT2D eigenvalue weighted by atomic mass is 10.0. The Morgan fingerprint density at radius 2 is 2.03 bits per heavy atom. The Bertz CT molecular complexity index is 1300. The first-order valence-corrected chi connectivity index (χ1v) is 11.7. The molecule has 6 nitrogen and oxygen atoms in total. The third-order valence-corrected chi connectivity index (χ3v) is 7.59. The van der Waals surface area contributed by atoms with Gasteiger partial charge in [0.05, 0.1) is 10.2 Å². The lowest BCUT2D eigenvalue weighted by Crippen LogP contribution is -2.29. The van der Waals surface area contributed by atoms with Crippen LogP contribution in [0.3, 0.4) is 0 Å². The van der Waals surface area contributed by atoms with Crippen LogP contribution in [0.4, 0.5) is 10.1 Å². The zero-order valence-electron chi connectivity index (χ0n) is 18.5. The van der Waals surface area contributed by atoms with E-state index in [0.717, 1.165) is 34.6 Å². The van der Waals surface area contributed by atoms with Gasteiger partial charge in [0.2, 0.25) is 5.91 Å². The number of benzene rings is 1. The normalized spacial score (nSPS) is 17.5. The van der Waals surface area contributed by atoms with Gasteiger partial charge >= 0.3 is 0 Å². The van der Waals surface area contributed by atoms with Gasteiger partial charge in [0.1, 0.15) is 16.9 Å². The molecule has 0 radical (unpaired) electrons. The Labute approximate surface area is 195 Å². The summed E-state index contributed by atoms with van der Waals surface area (Å²) in [7, 11) is 2.10. The van der Waals surface area contributed by atoms with E-state index in [4.69, 9.17) is 4.74 Å². The molecule has 0 spiro atoms. The maximum absolute atomic E-state index is 14.8. The first-order chi connectivity index (χ1) is 15.9. The van der Waals surface area contributed by atoms with E-state index in [1.54, 1.807) is 29.7 Å². The van der Waals surface area contributed by atoms with Crippen molar-refractivity contribution in [1.82, 2.24) is 9.88 Å². The van der Waals surface area contributed by atoms with Gasteiger partial charge in [0.15, 0.2) is 11.6 Å². The molecule has 8 heteroatoms. The highest BCUT2D eigenvalue weighted by molar-refractivity contribution is 7.20. The van der Waals surface area contributed by atoms with Crippen molar-refractivity contribution in [2.24, 2.45) is 5.41 Å². The fraction of sp³-hybridized carbons (Fsp3) is 0.320. The zero-order valence-corrected chi connectivity index (χ0v) is 19.3.